The van der Waals surface area contributed by atoms with Crippen molar-refractivity contribution in [2.45, 2.75) is 31.3 Å². The van der Waals surface area contributed by atoms with Gasteiger partial charge in [0.1, 0.15) is 30.0 Å². The molecule has 0 spiro atoms. The fourth-order valence-electron chi connectivity index (χ4n) is 3.31. The van der Waals surface area contributed by atoms with Crippen LogP contribution in [0.4, 0.5) is 0 Å². The molecule has 2 unspecified atom stereocenters. The van der Waals surface area contributed by atoms with Gasteiger partial charge in [0.25, 0.3) is 0 Å². The Morgan fingerprint density at radius 3 is 2.46 bits per heavy atom. The second-order valence-corrected chi connectivity index (χ2v) is 6.45. The summed E-state index contributed by atoms with van der Waals surface area (Å²) >= 11 is 0. The zero-order valence-electron chi connectivity index (χ0n) is 13.8. The van der Waals surface area contributed by atoms with Gasteiger partial charge in [-0.25, -0.2) is 0 Å². The summed E-state index contributed by atoms with van der Waals surface area (Å²) in [6, 6.07) is 6.62. The molecule has 1 fully saturated rings. The average Bonchev–Trinajstić information content (AvgIpc) is 2.59. The summed E-state index contributed by atoms with van der Waals surface area (Å²) in [6.07, 6.45) is 6.02. The van der Waals surface area contributed by atoms with Crippen molar-refractivity contribution in [2.75, 3.05) is 26.2 Å². The standard InChI is InChI=1S/C19H25NO4/c21-15-6-4-14(5-7-15)17-12-16(22)13-18(19(17)23)24-11-10-20-8-2-1-3-9-20/h4-7,12-13,17,19,21-23H,1-3,8-11H2. The molecule has 130 valence electrons. The Morgan fingerprint density at radius 2 is 1.75 bits per heavy atom. The Bertz CT molecular complexity index is 602. The molecule has 5 heteroatoms. The SMILES string of the molecule is OC1=CC(c2ccc(O)cc2)C(O)C(OCCN2CCCCC2)=C1. The Morgan fingerprint density at radius 1 is 1.04 bits per heavy atom. The monoisotopic (exact) mass is 331 g/mol. The van der Waals surface area contributed by atoms with E-state index in [1.807, 2.05) is 0 Å². The van der Waals surface area contributed by atoms with Crippen LogP contribution in [0.25, 0.3) is 0 Å². The molecule has 0 saturated carbocycles. The third kappa shape index (κ3) is 4.10. The minimum atomic E-state index is -0.841. The number of benzene rings is 1. The van der Waals surface area contributed by atoms with E-state index in [4.69, 9.17) is 4.74 Å². The van der Waals surface area contributed by atoms with Gasteiger partial charge in [-0.1, -0.05) is 18.6 Å². The van der Waals surface area contributed by atoms with E-state index in [1.54, 1.807) is 30.3 Å². The maximum Gasteiger partial charge on any atom is 0.129 e. The number of rotatable bonds is 5. The quantitative estimate of drug-likeness (QED) is 0.774. The van der Waals surface area contributed by atoms with Crippen LogP contribution in [0, 0.1) is 0 Å². The van der Waals surface area contributed by atoms with E-state index < -0.39 is 6.10 Å². The summed E-state index contributed by atoms with van der Waals surface area (Å²) in [5, 5.41) is 29.9. The predicted octanol–water partition coefficient (Wildman–Crippen LogP) is 2.68. The zero-order chi connectivity index (χ0) is 16.9. The third-order valence-corrected chi connectivity index (χ3v) is 4.68. The second-order valence-electron chi connectivity index (χ2n) is 6.45. The van der Waals surface area contributed by atoms with Crippen LogP contribution in [-0.4, -0.2) is 52.6 Å². The number of hydrogen-bond acceptors (Lipinski definition) is 5. The van der Waals surface area contributed by atoms with Crippen molar-refractivity contribution < 1.29 is 20.1 Å². The van der Waals surface area contributed by atoms with E-state index in [0.717, 1.165) is 25.2 Å². The highest BCUT2D eigenvalue weighted by molar-refractivity contribution is 5.37. The summed E-state index contributed by atoms with van der Waals surface area (Å²) in [5.74, 6) is 0.266. The van der Waals surface area contributed by atoms with Crippen molar-refractivity contribution in [3.8, 4) is 5.75 Å². The molecule has 24 heavy (non-hydrogen) atoms. The first-order valence-electron chi connectivity index (χ1n) is 8.58. The number of aliphatic hydroxyl groups is 2. The first-order valence-corrected chi connectivity index (χ1v) is 8.58. The van der Waals surface area contributed by atoms with Crippen LogP contribution in [0.15, 0.2) is 47.9 Å². The number of allylic oxidation sites excluding steroid dienone is 1. The van der Waals surface area contributed by atoms with Gasteiger partial charge in [-0.15, -0.1) is 0 Å². The number of phenols is 1. The lowest BCUT2D eigenvalue weighted by atomic mass is 9.88. The molecule has 3 N–H and O–H groups in total. The average molecular weight is 331 g/mol. The lowest BCUT2D eigenvalue weighted by Gasteiger charge is -2.29. The first kappa shape index (κ1) is 16.9. The molecule has 1 aromatic carbocycles. The van der Waals surface area contributed by atoms with Gasteiger partial charge in [0.05, 0.1) is 0 Å². The molecule has 1 saturated heterocycles. The molecule has 3 rings (SSSR count). The third-order valence-electron chi connectivity index (χ3n) is 4.68. The molecular weight excluding hydrogens is 306 g/mol. The van der Waals surface area contributed by atoms with Crippen LogP contribution in [0.5, 0.6) is 5.75 Å². The van der Waals surface area contributed by atoms with Crippen LogP contribution in [0.2, 0.25) is 0 Å². The Balaban J connectivity index is 1.61. The van der Waals surface area contributed by atoms with Gasteiger partial charge in [-0.05, 0) is 49.7 Å². The van der Waals surface area contributed by atoms with Gasteiger partial charge in [-0.2, -0.15) is 0 Å². The van der Waals surface area contributed by atoms with Gasteiger partial charge >= 0.3 is 0 Å². The molecule has 0 radical (unpaired) electrons. The minimum Gasteiger partial charge on any atom is -0.508 e. The molecule has 1 aliphatic heterocycles. The Kier molecular flexibility index (Phi) is 5.43. The number of likely N-dealkylation sites (tertiary alicyclic amines) is 1. The smallest absolute Gasteiger partial charge is 0.129 e. The maximum atomic E-state index is 10.6. The van der Waals surface area contributed by atoms with Crippen molar-refractivity contribution in [1.29, 1.82) is 0 Å². The van der Waals surface area contributed by atoms with Crippen molar-refractivity contribution in [3.63, 3.8) is 0 Å². The van der Waals surface area contributed by atoms with Crippen LogP contribution in [-0.2, 0) is 4.74 Å². The Hall–Kier alpha value is -1.98. The molecule has 2 atom stereocenters. The number of aromatic hydroxyl groups is 1. The number of phenolic OH excluding ortho intramolecular Hbond substituents is 1. The minimum absolute atomic E-state index is 0.0892. The highest BCUT2D eigenvalue weighted by atomic mass is 16.5. The topological polar surface area (TPSA) is 73.2 Å². The molecule has 1 heterocycles. The van der Waals surface area contributed by atoms with Gasteiger partial charge in [-0.3, -0.25) is 4.90 Å². The number of hydrogen-bond donors (Lipinski definition) is 3. The molecule has 0 bridgehead atoms. The maximum absolute atomic E-state index is 10.6. The van der Waals surface area contributed by atoms with Crippen molar-refractivity contribution in [3.05, 3.63) is 53.5 Å². The van der Waals surface area contributed by atoms with Crippen LogP contribution in [0.1, 0.15) is 30.7 Å². The summed E-state index contributed by atoms with van der Waals surface area (Å²) in [7, 11) is 0. The fraction of sp³-hybridized carbons (Fsp3) is 0.474. The van der Waals surface area contributed by atoms with E-state index in [2.05, 4.69) is 4.90 Å². The van der Waals surface area contributed by atoms with Crippen molar-refractivity contribution in [1.82, 2.24) is 4.90 Å². The number of nitrogens with zero attached hydrogens (tertiary/aromatic N) is 1. The van der Waals surface area contributed by atoms with Gasteiger partial charge in [0.15, 0.2) is 0 Å². The molecule has 0 amide bonds. The lowest BCUT2D eigenvalue weighted by molar-refractivity contribution is 0.0729. The summed E-state index contributed by atoms with van der Waals surface area (Å²) in [5.41, 5.74) is 0.817. The van der Waals surface area contributed by atoms with E-state index in [0.29, 0.717) is 12.4 Å². The van der Waals surface area contributed by atoms with E-state index in [1.165, 1.54) is 25.3 Å². The highest BCUT2D eigenvalue weighted by Gasteiger charge is 2.28. The first-order chi connectivity index (χ1) is 11.6. The van der Waals surface area contributed by atoms with E-state index >= 15 is 0 Å². The second kappa shape index (κ2) is 7.73. The van der Waals surface area contributed by atoms with Crippen molar-refractivity contribution in [2.24, 2.45) is 0 Å². The van der Waals surface area contributed by atoms with Crippen molar-refractivity contribution >= 4 is 0 Å². The van der Waals surface area contributed by atoms with Gasteiger partial charge in [0.2, 0.25) is 0 Å². The summed E-state index contributed by atoms with van der Waals surface area (Å²) < 4.78 is 5.76. The van der Waals surface area contributed by atoms with Crippen LogP contribution >= 0.6 is 0 Å². The highest BCUT2D eigenvalue weighted by Crippen LogP contribution is 2.32. The van der Waals surface area contributed by atoms with Crippen LogP contribution < -0.4 is 0 Å². The number of aliphatic hydroxyl groups excluding tert-OH is 2. The fourth-order valence-corrected chi connectivity index (χ4v) is 3.31. The van der Waals surface area contributed by atoms with Crippen LogP contribution in [0.3, 0.4) is 0 Å². The van der Waals surface area contributed by atoms with E-state index in [-0.39, 0.29) is 17.4 Å². The lowest BCUT2D eigenvalue weighted by Crippen LogP contribution is -2.33. The molecule has 0 aromatic heterocycles. The summed E-state index contributed by atoms with van der Waals surface area (Å²) in [6.45, 7) is 3.54. The molecule has 5 nitrogen and oxygen atoms in total. The number of piperidine rings is 1. The van der Waals surface area contributed by atoms with Gasteiger partial charge < -0.3 is 20.1 Å². The largest absolute Gasteiger partial charge is 0.508 e. The molecule has 2 aliphatic rings. The normalized spacial score (nSPS) is 25.0. The Labute approximate surface area is 142 Å². The predicted molar refractivity (Wildman–Crippen MR) is 91.9 cm³/mol. The zero-order valence-corrected chi connectivity index (χ0v) is 13.8. The van der Waals surface area contributed by atoms with Gasteiger partial charge in [0, 0.05) is 18.5 Å². The molecular formula is C19H25NO4. The number of ether oxygens (including phenoxy) is 1. The molecule has 1 aliphatic carbocycles. The van der Waals surface area contributed by atoms with E-state index in [9.17, 15) is 15.3 Å². The summed E-state index contributed by atoms with van der Waals surface area (Å²) in [4.78, 5) is 2.37. The molecule has 1 aromatic rings.